The zero-order chi connectivity index (χ0) is 17.8. The van der Waals surface area contributed by atoms with Crippen LogP contribution in [0.5, 0.6) is 0 Å². The Morgan fingerprint density at radius 3 is 2.20 bits per heavy atom. The first-order valence-electron chi connectivity index (χ1n) is 9.94. The second-order valence-corrected chi connectivity index (χ2v) is 8.08. The largest absolute Gasteiger partial charge is 0.379 e. The van der Waals surface area contributed by atoms with Gasteiger partial charge in [0.1, 0.15) is 0 Å². The number of amides is 2. The first-order chi connectivity index (χ1) is 12.1. The maximum atomic E-state index is 12.6. The highest BCUT2D eigenvalue weighted by molar-refractivity contribution is 5.82. The van der Waals surface area contributed by atoms with Crippen LogP contribution in [-0.2, 0) is 14.3 Å². The van der Waals surface area contributed by atoms with Gasteiger partial charge in [-0.15, -0.1) is 0 Å². The minimum Gasteiger partial charge on any atom is -0.379 e. The molecule has 0 aromatic heterocycles. The zero-order valence-corrected chi connectivity index (χ0v) is 15.7. The molecule has 142 valence electrons. The first kappa shape index (κ1) is 18.6. The minimum absolute atomic E-state index is 0.0563. The van der Waals surface area contributed by atoms with Gasteiger partial charge in [-0.05, 0) is 31.6 Å². The van der Waals surface area contributed by atoms with E-state index in [-0.39, 0.29) is 17.7 Å². The number of rotatable bonds is 6. The third-order valence-corrected chi connectivity index (χ3v) is 5.87. The van der Waals surface area contributed by atoms with Crippen LogP contribution in [0.2, 0.25) is 0 Å². The van der Waals surface area contributed by atoms with E-state index in [4.69, 9.17) is 4.74 Å². The van der Waals surface area contributed by atoms with E-state index < -0.39 is 0 Å². The van der Waals surface area contributed by atoms with Crippen molar-refractivity contribution in [2.45, 2.75) is 45.6 Å². The molecule has 2 heterocycles. The van der Waals surface area contributed by atoms with E-state index >= 15 is 0 Å². The Balaban J connectivity index is 1.42. The Morgan fingerprint density at radius 1 is 1.00 bits per heavy atom. The van der Waals surface area contributed by atoms with Crippen LogP contribution >= 0.6 is 0 Å². The Hall–Kier alpha value is -1.14. The summed E-state index contributed by atoms with van der Waals surface area (Å²) >= 11 is 0. The smallest absolute Gasteiger partial charge is 0.225 e. The molecule has 0 aromatic rings. The number of hydrogen-bond acceptors (Lipinski definition) is 4. The molecule has 6 heteroatoms. The molecule has 0 spiro atoms. The molecule has 0 aromatic carbocycles. The van der Waals surface area contributed by atoms with Gasteiger partial charge in [-0.3, -0.25) is 14.5 Å². The summed E-state index contributed by atoms with van der Waals surface area (Å²) in [7, 11) is 0. The Morgan fingerprint density at radius 2 is 1.64 bits per heavy atom. The Kier molecular flexibility index (Phi) is 6.34. The fraction of sp³-hybridized carbons (Fsp3) is 0.895. The topological polar surface area (TPSA) is 61.9 Å². The molecular weight excluding hydrogens is 318 g/mol. The number of carbonyl (C=O) groups is 2. The number of carbonyl (C=O) groups excluding carboxylic acids is 2. The summed E-state index contributed by atoms with van der Waals surface area (Å²) in [6.45, 7) is 10.1. The highest BCUT2D eigenvalue weighted by Gasteiger charge is 2.36. The molecule has 3 fully saturated rings. The van der Waals surface area contributed by atoms with Gasteiger partial charge in [-0.25, -0.2) is 0 Å². The molecule has 1 aliphatic carbocycles. The Bertz CT molecular complexity index is 465. The van der Waals surface area contributed by atoms with Gasteiger partial charge in [0, 0.05) is 50.6 Å². The third-order valence-electron chi connectivity index (χ3n) is 5.87. The molecule has 2 amide bonds. The predicted molar refractivity (Wildman–Crippen MR) is 96.1 cm³/mol. The molecule has 1 atom stereocenters. The molecule has 25 heavy (non-hydrogen) atoms. The fourth-order valence-corrected chi connectivity index (χ4v) is 4.00. The van der Waals surface area contributed by atoms with E-state index in [0.717, 1.165) is 65.1 Å². The van der Waals surface area contributed by atoms with Gasteiger partial charge in [-0.2, -0.15) is 0 Å². The van der Waals surface area contributed by atoms with Crippen LogP contribution in [0.1, 0.15) is 39.5 Å². The summed E-state index contributed by atoms with van der Waals surface area (Å²) < 4.78 is 5.44. The second-order valence-electron chi connectivity index (χ2n) is 8.08. The van der Waals surface area contributed by atoms with Crippen molar-refractivity contribution in [2.75, 3.05) is 45.9 Å². The van der Waals surface area contributed by atoms with Gasteiger partial charge in [0.2, 0.25) is 11.8 Å². The Labute approximate surface area is 151 Å². The van der Waals surface area contributed by atoms with Gasteiger partial charge in [0.15, 0.2) is 0 Å². The van der Waals surface area contributed by atoms with Crippen LogP contribution < -0.4 is 5.32 Å². The van der Waals surface area contributed by atoms with Crippen LogP contribution in [0.4, 0.5) is 0 Å². The molecule has 0 bridgehead atoms. The number of hydrogen-bond donors (Lipinski definition) is 1. The maximum Gasteiger partial charge on any atom is 0.225 e. The normalized spacial score (nSPS) is 24.4. The van der Waals surface area contributed by atoms with E-state index in [1.54, 1.807) is 0 Å². The van der Waals surface area contributed by atoms with Gasteiger partial charge in [0.05, 0.1) is 13.2 Å². The molecule has 3 rings (SSSR count). The molecule has 1 N–H and O–H groups in total. The average Bonchev–Trinajstić information content (AvgIpc) is 3.47. The van der Waals surface area contributed by atoms with Crippen molar-refractivity contribution in [2.24, 2.45) is 17.8 Å². The number of nitrogens with one attached hydrogen (secondary N) is 1. The van der Waals surface area contributed by atoms with E-state index in [1.807, 2.05) is 4.90 Å². The van der Waals surface area contributed by atoms with Crippen molar-refractivity contribution in [3.8, 4) is 0 Å². The predicted octanol–water partition coefficient (Wildman–Crippen LogP) is 1.11. The summed E-state index contributed by atoms with van der Waals surface area (Å²) in [4.78, 5) is 29.1. The highest BCUT2D eigenvalue weighted by atomic mass is 16.5. The van der Waals surface area contributed by atoms with Crippen molar-refractivity contribution >= 4 is 11.8 Å². The monoisotopic (exact) mass is 351 g/mol. The van der Waals surface area contributed by atoms with E-state index in [9.17, 15) is 9.59 Å². The molecule has 2 saturated heterocycles. The number of nitrogens with zero attached hydrogens (tertiary/aromatic N) is 2. The highest BCUT2D eigenvalue weighted by Crippen LogP contribution is 2.32. The molecular formula is C19H33N3O3. The van der Waals surface area contributed by atoms with E-state index in [2.05, 4.69) is 24.1 Å². The molecule has 0 radical (unpaired) electrons. The lowest BCUT2D eigenvalue weighted by molar-refractivity contribution is -0.136. The van der Waals surface area contributed by atoms with Crippen LogP contribution in [0.15, 0.2) is 0 Å². The van der Waals surface area contributed by atoms with E-state index in [1.165, 1.54) is 0 Å². The SMILES string of the molecule is CC(C)C(CNC(=O)C1CCN(C(=O)C2CC2)CC1)N1CCOCC1. The van der Waals surface area contributed by atoms with E-state index in [0.29, 0.717) is 24.4 Å². The summed E-state index contributed by atoms with van der Waals surface area (Å²) in [6, 6.07) is 0.365. The first-order valence-corrected chi connectivity index (χ1v) is 9.94. The lowest BCUT2D eigenvalue weighted by Gasteiger charge is -2.37. The fourth-order valence-electron chi connectivity index (χ4n) is 4.00. The van der Waals surface area contributed by atoms with Gasteiger partial charge in [-0.1, -0.05) is 13.8 Å². The average molecular weight is 351 g/mol. The summed E-state index contributed by atoms with van der Waals surface area (Å²) in [5.41, 5.74) is 0. The van der Waals surface area contributed by atoms with Gasteiger partial charge in [0.25, 0.3) is 0 Å². The van der Waals surface area contributed by atoms with Crippen molar-refractivity contribution in [3.63, 3.8) is 0 Å². The van der Waals surface area contributed by atoms with Crippen molar-refractivity contribution in [1.82, 2.24) is 15.1 Å². The lowest BCUT2D eigenvalue weighted by atomic mass is 9.95. The second kappa shape index (κ2) is 8.49. The van der Waals surface area contributed by atoms with Crippen LogP contribution in [0.3, 0.4) is 0 Å². The lowest BCUT2D eigenvalue weighted by Crippen LogP contribution is -2.52. The summed E-state index contributed by atoms with van der Waals surface area (Å²) in [5.74, 6) is 1.31. The zero-order valence-electron chi connectivity index (χ0n) is 15.7. The molecule has 2 aliphatic heterocycles. The van der Waals surface area contributed by atoms with Crippen molar-refractivity contribution in [3.05, 3.63) is 0 Å². The minimum atomic E-state index is 0.0563. The van der Waals surface area contributed by atoms with Crippen molar-refractivity contribution in [1.29, 1.82) is 0 Å². The summed E-state index contributed by atoms with van der Waals surface area (Å²) in [5, 5.41) is 3.19. The number of likely N-dealkylation sites (tertiary alicyclic amines) is 1. The van der Waals surface area contributed by atoms with Gasteiger partial charge < -0.3 is 15.0 Å². The van der Waals surface area contributed by atoms with Crippen LogP contribution in [0, 0.1) is 17.8 Å². The molecule has 1 unspecified atom stereocenters. The van der Waals surface area contributed by atoms with Crippen LogP contribution in [0.25, 0.3) is 0 Å². The number of piperidine rings is 1. The standard InChI is InChI=1S/C19H33N3O3/c1-14(2)17(21-9-11-25-12-10-21)13-20-18(23)15-5-7-22(8-6-15)19(24)16-3-4-16/h14-17H,3-13H2,1-2H3,(H,20,23). The summed E-state index contributed by atoms with van der Waals surface area (Å²) in [6.07, 6.45) is 3.71. The van der Waals surface area contributed by atoms with Crippen LogP contribution in [-0.4, -0.2) is 73.6 Å². The third kappa shape index (κ3) is 4.94. The number of morpholine rings is 1. The number of ether oxygens (including phenoxy) is 1. The molecule has 3 aliphatic rings. The van der Waals surface area contributed by atoms with Crippen molar-refractivity contribution < 1.29 is 14.3 Å². The quantitative estimate of drug-likeness (QED) is 0.779. The molecule has 6 nitrogen and oxygen atoms in total. The van der Waals surface area contributed by atoms with Gasteiger partial charge >= 0.3 is 0 Å². The maximum absolute atomic E-state index is 12.6. The molecule has 1 saturated carbocycles.